The molecule has 2 heteroatoms. The van der Waals surface area contributed by atoms with Crippen LogP contribution in [0.2, 0.25) is 0 Å². The number of halogens is 1. The molecular formula is C13H26IN. The third-order valence-electron chi connectivity index (χ3n) is 4.61. The molecule has 0 bridgehead atoms. The first-order chi connectivity index (χ1) is 6.70. The van der Waals surface area contributed by atoms with Crippen molar-refractivity contribution in [3.63, 3.8) is 0 Å². The van der Waals surface area contributed by atoms with Gasteiger partial charge in [-0.3, -0.25) is 0 Å². The van der Waals surface area contributed by atoms with Crippen LogP contribution in [-0.2, 0) is 0 Å². The van der Waals surface area contributed by atoms with Gasteiger partial charge in [-0.1, -0.05) is 26.2 Å². The highest BCUT2D eigenvalue weighted by Crippen LogP contribution is 2.32. The molecule has 0 aromatic rings. The lowest BCUT2D eigenvalue weighted by Gasteiger charge is -2.37. The maximum atomic E-state index is 2.48. The van der Waals surface area contributed by atoms with Gasteiger partial charge in [0, 0.05) is 18.8 Å². The summed E-state index contributed by atoms with van der Waals surface area (Å²) in [5.41, 5.74) is 0. The topological polar surface area (TPSA) is 0 Å². The quantitative estimate of drug-likeness (QED) is 0.498. The molecule has 2 aliphatic rings. The van der Waals surface area contributed by atoms with E-state index in [9.17, 15) is 0 Å². The number of likely N-dealkylation sites (tertiary alicyclic amines) is 1. The van der Waals surface area contributed by atoms with Crippen molar-refractivity contribution in [3.8, 4) is 0 Å². The molecule has 0 aromatic heterocycles. The van der Waals surface area contributed by atoms with Gasteiger partial charge in [-0.2, -0.15) is 0 Å². The van der Waals surface area contributed by atoms with Gasteiger partial charge in [0.05, 0.1) is 26.7 Å². The highest BCUT2D eigenvalue weighted by Gasteiger charge is 2.33. The average Bonchev–Trinajstić information content (AvgIpc) is 2.57. The van der Waals surface area contributed by atoms with Crippen LogP contribution in [-0.4, -0.2) is 31.2 Å². The lowest BCUT2D eigenvalue weighted by atomic mass is 9.80. The van der Waals surface area contributed by atoms with Gasteiger partial charge < -0.3 is 28.5 Å². The Labute approximate surface area is 112 Å². The van der Waals surface area contributed by atoms with E-state index in [0.717, 1.165) is 11.8 Å². The summed E-state index contributed by atoms with van der Waals surface area (Å²) in [6.45, 7) is 6.85. The lowest BCUT2D eigenvalue weighted by molar-refractivity contribution is -0.901. The van der Waals surface area contributed by atoms with Crippen molar-refractivity contribution >= 4 is 0 Å². The van der Waals surface area contributed by atoms with E-state index in [4.69, 9.17) is 0 Å². The fourth-order valence-electron chi connectivity index (χ4n) is 3.51. The fraction of sp³-hybridized carbons (Fsp3) is 1.00. The molecule has 1 heterocycles. The van der Waals surface area contributed by atoms with Gasteiger partial charge in [0.1, 0.15) is 0 Å². The van der Waals surface area contributed by atoms with Crippen LogP contribution in [0.3, 0.4) is 0 Å². The van der Waals surface area contributed by atoms with Crippen LogP contribution < -0.4 is 24.0 Å². The number of hydrogen-bond acceptors (Lipinski definition) is 0. The van der Waals surface area contributed by atoms with Gasteiger partial charge in [-0.15, -0.1) is 0 Å². The van der Waals surface area contributed by atoms with E-state index in [2.05, 4.69) is 14.0 Å². The normalized spacial score (nSPS) is 34.8. The molecule has 90 valence electrons. The van der Waals surface area contributed by atoms with E-state index < -0.39 is 0 Å². The van der Waals surface area contributed by atoms with Crippen molar-refractivity contribution in [1.82, 2.24) is 0 Å². The van der Waals surface area contributed by atoms with Crippen LogP contribution in [0.15, 0.2) is 0 Å². The molecule has 0 N–H and O–H groups in total. The first-order valence-electron chi connectivity index (χ1n) is 6.53. The SMILES string of the molecule is CC1CCCCC1C[N+]1(C)CCCC1.[I-]. The molecule has 1 saturated carbocycles. The van der Waals surface area contributed by atoms with Crippen molar-refractivity contribution in [2.75, 3.05) is 26.7 Å². The van der Waals surface area contributed by atoms with Crippen molar-refractivity contribution in [2.24, 2.45) is 11.8 Å². The molecule has 0 amide bonds. The molecular weight excluding hydrogens is 297 g/mol. The summed E-state index contributed by atoms with van der Waals surface area (Å²) in [5.74, 6) is 2.03. The van der Waals surface area contributed by atoms with Crippen molar-refractivity contribution < 1.29 is 28.5 Å². The minimum Gasteiger partial charge on any atom is -1.00 e. The number of rotatable bonds is 2. The van der Waals surface area contributed by atoms with Crippen molar-refractivity contribution in [1.29, 1.82) is 0 Å². The summed E-state index contributed by atoms with van der Waals surface area (Å²) in [7, 11) is 2.48. The second-order valence-corrected chi connectivity index (χ2v) is 5.98. The Balaban J connectivity index is 0.00000112. The highest BCUT2D eigenvalue weighted by molar-refractivity contribution is 4.72. The van der Waals surface area contributed by atoms with Gasteiger partial charge in [-0.25, -0.2) is 0 Å². The van der Waals surface area contributed by atoms with E-state index in [0.29, 0.717) is 0 Å². The molecule has 2 unspecified atom stereocenters. The summed E-state index contributed by atoms with van der Waals surface area (Å²) in [4.78, 5) is 0. The predicted molar refractivity (Wildman–Crippen MR) is 61.1 cm³/mol. The lowest BCUT2D eigenvalue weighted by Crippen LogP contribution is -3.00. The van der Waals surface area contributed by atoms with E-state index in [-0.39, 0.29) is 24.0 Å². The minimum atomic E-state index is 0. The van der Waals surface area contributed by atoms with Crippen LogP contribution in [0.25, 0.3) is 0 Å². The Hall–Kier alpha value is 0.690. The van der Waals surface area contributed by atoms with Crippen LogP contribution in [0.5, 0.6) is 0 Å². The van der Waals surface area contributed by atoms with E-state index in [1.165, 1.54) is 62.6 Å². The Morgan fingerprint density at radius 2 is 1.60 bits per heavy atom. The molecule has 0 aromatic carbocycles. The molecule has 1 nitrogen and oxygen atoms in total. The van der Waals surface area contributed by atoms with Crippen LogP contribution in [0.4, 0.5) is 0 Å². The second-order valence-electron chi connectivity index (χ2n) is 5.98. The number of nitrogens with zero attached hydrogens (tertiary/aromatic N) is 1. The first-order valence-corrected chi connectivity index (χ1v) is 6.53. The Bertz CT molecular complexity index is 187. The molecule has 0 spiro atoms. The van der Waals surface area contributed by atoms with Crippen LogP contribution in [0.1, 0.15) is 45.4 Å². The van der Waals surface area contributed by atoms with Crippen LogP contribution in [0, 0.1) is 11.8 Å². The minimum absolute atomic E-state index is 0. The van der Waals surface area contributed by atoms with E-state index in [1.807, 2.05) is 0 Å². The summed E-state index contributed by atoms with van der Waals surface area (Å²) in [5, 5.41) is 0. The molecule has 0 radical (unpaired) electrons. The highest BCUT2D eigenvalue weighted by atomic mass is 127. The molecule has 1 aliphatic carbocycles. The largest absolute Gasteiger partial charge is 1.00 e. The smallest absolute Gasteiger partial charge is 0.0815 e. The molecule has 2 atom stereocenters. The zero-order valence-corrected chi connectivity index (χ0v) is 12.5. The fourth-order valence-corrected chi connectivity index (χ4v) is 3.51. The summed E-state index contributed by atoms with van der Waals surface area (Å²) in [6.07, 6.45) is 8.92. The third kappa shape index (κ3) is 3.58. The van der Waals surface area contributed by atoms with E-state index in [1.54, 1.807) is 0 Å². The maximum Gasteiger partial charge on any atom is 0.0815 e. The Kier molecular flexibility index (Phi) is 5.37. The van der Waals surface area contributed by atoms with Gasteiger partial charge in [-0.05, 0) is 12.3 Å². The van der Waals surface area contributed by atoms with Crippen molar-refractivity contribution in [2.45, 2.75) is 45.4 Å². The molecule has 15 heavy (non-hydrogen) atoms. The van der Waals surface area contributed by atoms with Crippen LogP contribution >= 0.6 is 0 Å². The Morgan fingerprint density at radius 1 is 1.00 bits per heavy atom. The van der Waals surface area contributed by atoms with Gasteiger partial charge in [0.15, 0.2) is 0 Å². The zero-order chi connectivity index (χ0) is 10.0. The number of hydrogen-bond donors (Lipinski definition) is 0. The molecule has 2 fully saturated rings. The average molecular weight is 323 g/mol. The standard InChI is InChI=1S/C13H26N.HI/c1-12-7-3-4-8-13(12)11-14(2)9-5-6-10-14;/h12-13H,3-11H2,1-2H3;1H/q+1;/p-1. The van der Waals surface area contributed by atoms with Gasteiger partial charge in [0.2, 0.25) is 0 Å². The second kappa shape index (κ2) is 5.85. The summed E-state index contributed by atoms with van der Waals surface area (Å²) < 4.78 is 1.38. The zero-order valence-electron chi connectivity index (χ0n) is 10.3. The number of quaternary nitrogens is 1. The monoisotopic (exact) mass is 323 g/mol. The molecule has 1 saturated heterocycles. The van der Waals surface area contributed by atoms with Crippen molar-refractivity contribution in [3.05, 3.63) is 0 Å². The predicted octanol–water partition coefficient (Wildman–Crippen LogP) is 0.0571. The summed E-state index contributed by atoms with van der Waals surface area (Å²) in [6, 6.07) is 0. The Morgan fingerprint density at radius 3 is 2.20 bits per heavy atom. The van der Waals surface area contributed by atoms with Gasteiger partial charge in [0.25, 0.3) is 0 Å². The maximum absolute atomic E-state index is 2.48. The molecule has 2 rings (SSSR count). The van der Waals surface area contributed by atoms with Gasteiger partial charge >= 0.3 is 0 Å². The third-order valence-corrected chi connectivity index (χ3v) is 4.61. The summed E-state index contributed by atoms with van der Waals surface area (Å²) >= 11 is 0. The molecule has 1 aliphatic heterocycles. The van der Waals surface area contributed by atoms with E-state index >= 15 is 0 Å². The first kappa shape index (κ1) is 13.8.